The highest BCUT2D eigenvalue weighted by atomic mass is 16.5. The third kappa shape index (κ3) is 3.32. The summed E-state index contributed by atoms with van der Waals surface area (Å²) in [6, 6.07) is 0. The van der Waals surface area contributed by atoms with Gasteiger partial charge in [0.2, 0.25) is 0 Å². The molecule has 0 aliphatic carbocycles. The number of nitrogens with zero attached hydrogens (tertiary/aromatic N) is 3. The lowest BCUT2D eigenvalue weighted by Gasteiger charge is -2.27. The van der Waals surface area contributed by atoms with E-state index in [0.29, 0.717) is 0 Å². The fourth-order valence-electron chi connectivity index (χ4n) is 3.85. The summed E-state index contributed by atoms with van der Waals surface area (Å²) >= 11 is 0. The second-order valence-corrected chi connectivity index (χ2v) is 6.74. The van der Waals surface area contributed by atoms with Crippen LogP contribution in [0.25, 0.3) is 0 Å². The Labute approximate surface area is 128 Å². The molecule has 1 atom stereocenters. The first-order valence-electron chi connectivity index (χ1n) is 8.60. The van der Waals surface area contributed by atoms with Crippen molar-refractivity contribution in [2.24, 2.45) is 0 Å². The molecule has 21 heavy (non-hydrogen) atoms. The van der Waals surface area contributed by atoms with E-state index in [-0.39, 0.29) is 5.60 Å². The van der Waals surface area contributed by atoms with Crippen LogP contribution >= 0.6 is 0 Å². The maximum absolute atomic E-state index is 6.08. The van der Waals surface area contributed by atoms with Gasteiger partial charge in [-0.1, -0.05) is 6.92 Å². The van der Waals surface area contributed by atoms with E-state index in [4.69, 9.17) is 4.74 Å². The van der Waals surface area contributed by atoms with Gasteiger partial charge < -0.3 is 4.74 Å². The maximum atomic E-state index is 6.08. The van der Waals surface area contributed by atoms with Crippen molar-refractivity contribution in [1.29, 1.82) is 0 Å². The van der Waals surface area contributed by atoms with Gasteiger partial charge in [-0.25, -0.2) is 0 Å². The van der Waals surface area contributed by atoms with Gasteiger partial charge in [-0.3, -0.25) is 9.58 Å². The van der Waals surface area contributed by atoms with E-state index in [1.165, 1.54) is 56.5 Å². The van der Waals surface area contributed by atoms with Crippen molar-refractivity contribution in [2.45, 2.75) is 71.1 Å². The van der Waals surface area contributed by atoms with Gasteiger partial charge in [-0.15, -0.1) is 0 Å². The normalized spacial score (nSPS) is 27.3. The van der Waals surface area contributed by atoms with Crippen molar-refractivity contribution in [3.05, 3.63) is 17.5 Å². The lowest BCUT2D eigenvalue weighted by atomic mass is 9.92. The third-order valence-electron chi connectivity index (χ3n) is 5.21. The largest absolute Gasteiger partial charge is 0.375 e. The molecule has 1 spiro atoms. The summed E-state index contributed by atoms with van der Waals surface area (Å²) in [5.74, 6) is 0. The minimum Gasteiger partial charge on any atom is -0.375 e. The zero-order chi connectivity index (χ0) is 14.7. The predicted molar refractivity (Wildman–Crippen MR) is 84.3 cm³/mol. The van der Waals surface area contributed by atoms with Crippen LogP contribution in [0.5, 0.6) is 0 Å². The summed E-state index contributed by atoms with van der Waals surface area (Å²) in [6.07, 6.45) is 9.45. The summed E-state index contributed by atoms with van der Waals surface area (Å²) in [7, 11) is 0. The SMILES string of the molecule is CCCn1ncc(CN2CCC[C@@]3(CCCO3)CC2)c1C. The number of ether oxygens (including phenoxy) is 1. The Morgan fingerprint density at radius 3 is 2.86 bits per heavy atom. The second-order valence-electron chi connectivity index (χ2n) is 6.74. The van der Waals surface area contributed by atoms with Crippen molar-refractivity contribution in [2.75, 3.05) is 19.7 Å². The van der Waals surface area contributed by atoms with Crippen LogP contribution in [0.15, 0.2) is 6.20 Å². The predicted octanol–water partition coefficient (Wildman–Crippen LogP) is 3.14. The topological polar surface area (TPSA) is 30.3 Å². The van der Waals surface area contributed by atoms with Crippen molar-refractivity contribution < 1.29 is 4.74 Å². The molecular weight excluding hydrogens is 262 g/mol. The zero-order valence-electron chi connectivity index (χ0n) is 13.6. The Kier molecular flexibility index (Phi) is 4.65. The van der Waals surface area contributed by atoms with Crippen LogP contribution in [-0.4, -0.2) is 40.0 Å². The van der Waals surface area contributed by atoms with Crippen LogP contribution in [0.3, 0.4) is 0 Å². The van der Waals surface area contributed by atoms with E-state index >= 15 is 0 Å². The van der Waals surface area contributed by atoms with Crippen molar-refractivity contribution >= 4 is 0 Å². The lowest BCUT2D eigenvalue weighted by Crippen LogP contribution is -2.30. The molecule has 0 N–H and O–H groups in total. The molecule has 0 saturated carbocycles. The zero-order valence-corrected chi connectivity index (χ0v) is 13.6. The Morgan fingerprint density at radius 2 is 2.10 bits per heavy atom. The Hall–Kier alpha value is -0.870. The molecule has 2 fully saturated rings. The van der Waals surface area contributed by atoms with Crippen molar-refractivity contribution in [1.82, 2.24) is 14.7 Å². The molecule has 0 amide bonds. The molecular formula is C17H29N3O. The molecule has 2 aliphatic heterocycles. The monoisotopic (exact) mass is 291 g/mol. The van der Waals surface area contributed by atoms with Crippen LogP contribution < -0.4 is 0 Å². The van der Waals surface area contributed by atoms with Gasteiger partial charge in [0, 0.05) is 37.5 Å². The Balaban J connectivity index is 1.60. The first-order chi connectivity index (χ1) is 10.2. The number of aryl methyl sites for hydroxylation is 1. The summed E-state index contributed by atoms with van der Waals surface area (Å²) < 4.78 is 8.22. The molecule has 1 aromatic rings. The smallest absolute Gasteiger partial charge is 0.0696 e. The highest BCUT2D eigenvalue weighted by Crippen LogP contribution is 2.35. The quantitative estimate of drug-likeness (QED) is 0.854. The highest BCUT2D eigenvalue weighted by molar-refractivity contribution is 5.16. The van der Waals surface area contributed by atoms with Gasteiger partial charge in [-0.2, -0.15) is 5.10 Å². The standard InChI is InChI=1S/C17H29N3O/c1-3-9-20-15(2)16(13-18-20)14-19-10-4-6-17(8-11-19)7-5-12-21-17/h13H,3-12,14H2,1-2H3/t17-/m1/s1. The Bertz CT molecular complexity index is 463. The number of hydrogen-bond acceptors (Lipinski definition) is 3. The molecule has 4 nitrogen and oxygen atoms in total. The number of likely N-dealkylation sites (tertiary alicyclic amines) is 1. The lowest BCUT2D eigenvalue weighted by molar-refractivity contribution is -0.00737. The van der Waals surface area contributed by atoms with E-state index in [1.807, 2.05) is 0 Å². The van der Waals surface area contributed by atoms with Crippen LogP contribution in [0.4, 0.5) is 0 Å². The molecule has 1 aromatic heterocycles. The average molecular weight is 291 g/mol. The highest BCUT2D eigenvalue weighted by Gasteiger charge is 2.36. The molecule has 3 rings (SSSR count). The van der Waals surface area contributed by atoms with Gasteiger partial charge in [0.1, 0.15) is 0 Å². The number of hydrogen-bond donors (Lipinski definition) is 0. The minimum atomic E-state index is 0.218. The van der Waals surface area contributed by atoms with Crippen molar-refractivity contribution in [3.63, 3.8) is 0 Å². The number of aromatic nitrogens is 2. The fraction of sp³-hybridized carbons (Fsp3) is 0.824. The average Bonchev–Trinajstić information content (AvgIpc) is 3.00. The fourth-order valence-corrected chi connectivity index (χ4v) is 3.85. The van der Waals surface area contributed by atoms with Gasteiger partial charge in [0.15, 0.2) is 0 Å². The Morgan fingerprint density at radius 1 is 1.24 bits per heavy atom. The van der Waals surface area contributed by atoms with Gasteiger partial charge in [0.25, 0.3) is 0 Å². The third-order valence-corrected chi connectivity index (χ3v) is 5.21. The van der Waals surface area contributed by atoms with E-state index in [0.717, 1.165) is 26.1 Å². The van der Waals surface area contributed by atoms with E-state index in [9.17, 15) is 0 Å². The van der Waals surface area contributed by atoms with Gasteiger partial charge in [0.05, 0.1) is 11.8 Å². The molecule has 2 aliphatic rings. The van der Waals surface area contributed by atoms with Crippen LogP contribution in [-0.2, 0) is 17.8 Å². The van der Waals surface area contributed by atoms with E-state index in [1.54, 1.807) is 0 Å². The van der Waals surface area contributed by atoms with Gasteiger partial charge in [-0.05, 0) is 52.0 Å². The van der Waals surface area contributed by atoms with Crippen LogP contribution in [0.2, 0.25) is 0 Å². The summed E-state index contributed by atoms with van der Waals surface area (Å²) in [4.78, 5) is 2.59. The molecule has 3 heterocycles. The maximum Gasteiger partial charge on any atom is 0.0696 e. The molecule has 0 aromatic carbocycles. The van der Waals surface area contributed by atoms with E-state index in [2.05, 4.69) is 34.7 Å². The first-order valence-corrected chi connectivity index (χ1v) is 8.60. The molecule has 118 valence electrons. The molecule has 2 saturated heterocycles. The summed E-state index contributed by atoms with van der Waals surface area (Å²) in [5, 5.41) is 4.53. The molecule has 4 heteroatoms. The summed E-state index contributed by atoms with van der Waals surface area (Å²) in [6.45, 7) is 9.83. The molecule has 0 bridgehead atoms. The molecule has 0 unspecified atom stereocenters. The summed E-state index contributed by atoms with van der Waals surface area (Å²) in [5.41, 5.74) is 2.95. The van der Waals surface area contributed by atoms with Crippen LogP contribution in [0, 0.1) is 6.92 Å². The van der Waals surface area contributed by atoms with Crippen molar-refractivity contribution in [3.8, 4) is 0 Å². The first kappa shape index (κ1) is 15.0. The minimum absolute atomic E-state index is 0.218. The van der Waals surface area contributed by atoms with Gasteiger partial charge >= 0.3 is 0 Å². The van der Waals surface area contributed by atoms with Crippen LogP contribution in [0.1, 0.15) is 56.7 Å². The van der Waals surface area contributed by atoms with E-state index < -0.39 is 0 Å². The second kappa shape index (κ2) is 6.49. The number of rotatable bonds is 4. The molecule has 0 radical (unpaired) electrons.